The molecule has 1 unspecified atom stereocenters. The Labute approximate surface area is 117 Å². The van der Waals surface area contributed by atoms with Crippen molar-refractivity contribution in [2.75, 3.05) is 13.2 Å². The van der Waals surface area contributed by atoms with Crippen LogP contribution in [0.3, 0.4) is 0 Å². The molecule has 1 aromatic rings. The van der Waals surface area contributed by atoms with Crippen LogP contribution in [-0.4, -0.2) is 45.2 Å². The molecule has 1 rings (SSSR count). The molecule has 0 aliphatic heterocycles. The lowest BCUT2D eigenvalue weighted by Crippen LogP contribution is -2.34. The van der Waals surface area contributed by atoms with Crippen LogP contribution in [0.15, 0.2) is 0 Å². The SMILES string of the molecule is CCOC(=O)c1nnnn1C(C)C(=O)NCCC(C)C. The number of hydrogen-bond donors (Lipinski definition) is 1. The Kier molecular flexibility index (Phi) is 6.08. The van der Waals surface area contributed by atoms with Crippen molar-refractivity contribution in [3.05, 3.63) is 5.82 Å². The first-order chi connectivity index (χ1) is 9.47. The third-order valence-corrected chi connectivity index (χ3v) is 2.72. The molecule has 1 atom stereocenters. The van der Waals surface area contributed by atoms with E-state index in [1.165, 1.54) is 4.68 Å². The van der Waals surface area contributed by atoms with Gasteiger partial charge < -0.3 is 10.1 Å². The van der Waals surface area contributed by atoms with Gasteiger partial charge >= 0.3 is 5.97 Å². The van der Waals surface area contributed by atoms with E-state index in [-0.39, 0.29) is 18.3 Å². The highest BCUT2D eigenvalue weighted by atomic mass is 16.5. The molecule has 20 heavy (non-hydrogen) atoms. The van der Waals surface area contributed by atoms with E-state index in [2.05, 4.69) is 34.7 Å². The van der Waals surface area contributed by atoms with Gasteiger partial charge in [0.1, 0.15) is 6.04 Å². The van der Waals surface area contributed by atoms with E-state index in [1.807, 2.05) is 0 Å². The zero-order valence-electron chi connectivity index (χ0n) is 12.3. The number of carbonyl (C=O) groups excluding carboxylic acids is 2. The lowest BCUT2D eigenvalue weighted by Gasteiger charge is -2.13. The molecule has 8 heteroatoms. The number of tetrazole rings is 1. The summed E-state index contributed by atoms with van der Waals surface area (Å²) in [6.07, 6.45) is 0.888. The van der Waals surface area contributed by atoms with Gasteiger partial charge in [-0.05, 0) is 36.6 Å². The van der Waals surface area contributed by atoms with Crippen molar-refractivity contribution in [2.45, 2.75) is 40.2 Å². The third kappa shape index (κ3) is 4.29. The summed E-state index contributed by atoms with van der Waals surface area (Å²) in [5.41, 5.74) is 0. The van der Waals surface area contributed by atoms with Crippen LogP contribution in [0, 0.1) is 5.92 Å². The lowest BCUT2D eigenvalue weighted by atomic mass is 10.1. The van der Waals surface area contributed by atoms with Crippen LogP contribution in [0.1, 0.15) is 50.8 Å². The van der Waals surface area contributed by atoms with Gasteiger partial charge in [0.15, 0.2) is 0 Å². The summed E-state index contributed by atoms with van der Waals surface area (Å²) in [5, 5.41) is 13.5. The monoisotopic (exact) mass is 283 g/mol. The molecule has 8 nitrogen and oxygen atoms in total. The Balaban J connectivity index is 2.67. The molecule has 0 saturated heterocycles. The van der Waals surface area contributed by atoms with Gasteiger partial charge in [-0.15, -0.1) is 5.10 Å². The second-order valence-corrected chi connectivity index (χ2v) is 4.82. The number of aromatic nitrogens is 4. The molecule has 0 aromatic carbocycles. The van der Waals surface area contributed by atoms with Crippen molar-refractivity contribution in [3.63, 3.8) is 0 Å². The van der Waals surface area contributed by atoms with Crippen LogP contribution in [0.5, 0.6) is 0 Å². The minimum Gasteiger partial charge on any atom is -0.460 e. The van der Waals surface area contributed by atoms with E-state index in [1.54, 1.807) is 13.8 Å². The van der Waals surface area contributed by atoms with Crippen LogP contribution in [-0.2, 0) is 9.53 Å². The largest absolute Gasteiger partial charge is 0.460 e. The molecule has 0 saturated carbocycles. The predicted molar refractivity (Wildman–Crippen MR) is 70.9 cm³/mol. The van der Waals surface area contributed by atoms with Crippen LogP contribution in [0.25, 0.3) is 0 Å². The third-order valence-electron chi connectivity index (χ3n) is 2.72. The quantitative estimate of drug-likeness (QED) is 0.735. The van der Waals surface area contributed by atoms with Crippen molar-refractivity contribution in [1.29, 1.82) is 0 Å². The van der Waals surface area contributed by atoms with E-state index < -0.39 is 12.0 Å². The molecule has 0 bridgehead atoms. The topological polar surface area (TPSA) is 99.0 Å². The average molecular weight is 283 g/mol. The summed E-state index contributed by atoms with van der Waals surface area (Å²) in [5.74, 6) is -0.435. The Bertz CT molecular complexity index is 458. The van der Waals surface area contributed by atoms with Crippen LogP contribution in [0.2, 0.25) is 0 Å². The number of nitrogens with zero attached hydrogens (tertiary/aromatic N) is 4. The van der Waals surface area contributed by atoms with Crippen molar-refractivity contribution in [2.24, 2.45) is 5.92 Å². The summed E-state index contributed by atoms with van der Waals surface area (Å²) in [4.78, 5) is 23.6. The first kappa shape index (κ1) is 16.1. The number of ether oxygens (including phenoxy) is 1. The van der Waals surface area contributed by atoms with E-state index >= 15 is 0 Å². The highest BCUT2D eigenvalue weighted by Gasteiger charge is 2.24. The number of rotatable bonds is 7. The maximum atomic E-state index is 12.0. The molecule has 112 valence electrons. The van der Waals surface area contributed by atoms with E-state index in [4.69, 9.17) is 4.74 Å². The Morgan fingerprint density at radius 3 is 2.65 bits per heavy atom. The van der Waals surface area contributed by atoms with Crippen molar-refractivity contribution in [1.82, 2.24) is 25.5 Å². The summed E-state index contributed by atoms with van der Waals surface area (Å²) < 4.78 is 6.00. The van der Waals surface area contributed by atoms with Gasteiger partial charge in [0, 0.05) is 6.54 Å². The Morgan fingerprint density at radius 2 is 2.05 bits per heavy atom. The van der Waals surface area contributed by atoms with Crippen LogP contribution >= 0.6 is 0 Å². The standard InChI is InChI=1S/C12H21N5O3/c1-5-20-12(19)10-14-15-16-17(10)9(4)11(18)13-7-6-8(2)3/h8-9H,5-7H2,1-4H3,(H,13,18). The van der Waals surface area contributed by atoms with E-state index in [9.17, 15) is 9.59 Å². The van der Waals surface area contributed by atoms with Crippen LogP contribution < -0.4 is 5.32 Å². The first-order valence-electron chi connectivity index (χ1n) is 6.70. The fourth-order valence-electron chi connectivity index (χ4n) is 1.53. The van der Waals surface area contributed by atoms with E-state index in [0.717, 1.165) is 6.42 Å². The molecule has 1 amide bonds. The summed E-state index contributed by atoms with van der Waals surface area (Å²) in [6.45, 7) is 8.28. The number of nitrogens with one attached hydrogen (secondary N) is 1. The maximum Gasteiger partial charge on any atom is 0.378 e. The zero-order chi connectivity index (χ0) is 15.1. The minimum atomic E-state index is -0.670. The van der Waals surface area contributed by atoms with Gasteiger partial charge in [0.05, 0.1) is 6.61 Å². The normalized spacial score (nSPS) is 12.2. The maximum absolute atomic E-state index is 12.0. The van der Waals surface area contributed by atoms with Gasteiger partial charge in [0.2, 0.25) is 5.91 Å². The molecule has 1 heterocycles. The Morgan fingerprint density at radius 1 is 1.35 bits per heavy atom. The molecule has 0 aliphatic carbocycles. The molecule has 1 aromatic heterocycles. The van der Waals surface area contributed by atoms with Gasteiger partial charge in [0.25, 0.3) is 5.82 Å². The minimum absolute atomic E-state index is 0.0710. The molecule has 1 N–H and O–H groups in total. The van der Waals surface area contributed by atoms with Gasteiger partial charge in [-0.2, -0.15) is 0 Å². The number of amides is 1. The molecule has 0 fully saturated rings. The van der Waals surface area contributed by atoms with E-state index in [0.29, 0.717) is 12.5 Å². The highest BCUT2D eigenvalue weighted by molar-refractivity contribution is 5.86. The van der Waals surface area contributed by atoms with Crippen molar-refractivity contribution >= 4 is 11.9 Å². The predicted octanol–water partition coefficient (Wildman–Crippen LogP) is 0.573. The number of carbonyl (C=O) groups is 2. The van der Waals surface area contributed by atoms with Gasteiger partial charge in [-0.3, -0.25) is 4.79 Å². The fraction of sp³-hybridized carbons (Fsp3) is 0.750. The fourth-order valence-corrected chi connectivity index (χ4v) is 1.53. The lowest BCUT2D eigenvalue weighted by molar-refractivity contribution is -0.124. The van der Waals surface area contributed by atoms with Crippen molar-refractivity contribution in [3.8, 4) is 0 Å². The molecule has 0 aliphatic rings. The first-order valence-corrected chi connectivity index (χ1v) is 6.70. The highest BCUT2D eigenvalue weighted by Crippen LogP contribution is 2.07. The molecule has 0 radical (unpaired) electrons. The second-order valence-electron chi connectivity index (χ2n) is 4.82. The molecule has 0 spiro atoms. The average Bonchev–Trinajstić information content (AvgIpc) is 2.86. The smallest absolute Gasteiger partial charge is 0.378 e. The van der Waals surface area contributed by atoms with Crippen LogP contribution in [0.4, 0.5) is 0 Å². The van der Waals surface area contributed by atoms with Gasteiger partial charge in [-0.1, -0.05) is 13.8 Å². The van der Waals surface area contributed by atoms with Crippen molar-refractivity contribution < 1.29 is 14.3 Å². The van der Waals surface area contributed by atoms with Gasteiger partial charge in [-0.25, -0.2) is 9.48 Å². The number of esters is 1. The zero-order valence-corrected chi connectivity index (χ0v) is 12.3. The summed E-state index contributed by atoms with van der Waals surface area (Å²) >= 11 is 0. The Hall–Kier alpha value is -1.99. The number of hydrogen-bond acceptors (Lipinski definition) is 6. The molecular formula is C12H21N5O3. The molecular weight excluding hydrogens is 262 g/mol. The summed E-state index contributed by atoms with van der Waals surface area (Å²) in [7, 11) is 0. The summed E-state index contributed by atoms with van der Waals surface area (Å²) in [6, 6.07) is -0.670. The second kappa shape index (κ2) is 7.56.